The fourth-order valence-electron chi connectivity index (χ4n) is 9.82. The van der Waals surface area contributed by atoms with E-state index in [1.54, 1.807) is 35.5 Å². The topological polar surface area (TPSA) is 46.2 Å². The van der Waals surface area contributed by atoms with Gasteiger partial charge >= 0.3 is 0 Å². The molecule has 0 heterocycles. The minimum Gasteiger partial charge on any atom is -0.496 e. The van der Waals surface area contributed by atoms with Crippen molar-refractivity contribution in [3.05, 3.63) is 173 Å². The van der Waals surface area contributed by atoms with E-state index in [1.165, 1.54) is 22.3 Å². The molecule has 0 amide bonds. The quantitative estimate of drug-likeness (QED) is 0.172. The number of fused-ring (bicyclic) bond motifs is 8. The molecule has 0 spiro atoms. The molecule has 6 aromatic carbocycles. The van der Waals surface area contributed by atoms with E-state index in [1.807, 2.05) is 0 Å². The Morgan fingerprint density at radius 3 is 0.912 bits per heavy atom. The third kappa shape index (κ3) is 6.39. The summed E-state index contributed by atoms with van der Waals surface area (Å²) in [6.45, 7) is 0. The first-order valence-corrected chi connectivity index (χ1v) is 22.5. The highest BCUT2D eigenvalue weighted by Crippen LogP contribution is 2.64. The number of hydrogen-bond acceptors (Lipinski definition) is 5. The van der Waals surface area contributed by atoms with Crippen LogP contribution in [0.15, 0.2) is 95.2 Å². The number of benzene rings is 6. The maximum absolute atomic E-state index is 6.55. The zero-order valence-corrected chi connectivity index (χ0v) is 39.8. The van der Waals surface area contributed by atoms with E-state index in [9.17, 15) is 0 Å². The molecule has 10 heteroatoms. The lowest BCUT2D eigenvalue weighted by molar-refractivity contribution is 0.390. The molecule has 12 bridgehead atoms. The fourth-order valence-corrected chi connectivity index (χ4v) is 12.9. The monoisotopic (exact) mass is 1080 g/mol. The first kappa shape index (κ1) is 39.2. The molecule has 0 aliphatic heterocycles. The minimum atomic E-state index is -0.143. The summed E-state index contributed by atoms with van der Waals surface area (Å²) in [5.41, 5.74) is 15.7. The predicted octanol–water partition coefficient (Wildman–Crippen LogP) is 13.2. The van der Waals surface area contributed by atoms with Gasteiger partial charge in [-0.15, -0.1) is 0 Å². The zero-order valence-electron chi connectivity index (χ0n) is 31.8. The second-order valence-corrected chi connectivity index (χ2v) is 19.2. The van der Waals surface area contributed by atoms with Gasteiger partial charge in [0.2, 0.25) is 0 Å². The average Bonchev–Trinajstić information content (AvgIpc) is 3.17. The molecule has 0 N–H and O–H groups in total. The van der Waals surface area contributed by atoms with Crippen molar-refractivity contribution in [3.8, 4) is 28.7 Å². The number of methoxy groups -OCH3 is 5. The van der Waals surface area contributed by atoms with Crippen LogP contribution in [0.25, 0.3) is 0 Å². The van der Waals surface area contributed by atoms with E-state index in [2.05, 4.69) is 152 Å². The molecule has 10 rings (SSSR count). The Balaban J connectivity index is 1.38. The van der Waals surface area contributed by atoms with Gasteiger partial charge in [0.25, 0.3) is 0 Å². The molecule has 4 aliphatic rings. The molecule has 0 radical (unpaired) electrons. The SMILES string of the molecule is COc1c2cc(Br)cc1Cc1cc(Br)cc(c1OC)Cc1cc(Br)c3c(c1OC)C1c4ccccc4C3c3c(Br)cc(c(OC)c31)Cc1cc(Br)cc(c1OC)C2. The summed E-state index contributed by atoms with van der Waals surface area (Å²) in [5.74, 6) is 4.05. The van der Waals surface area contributed by atoms with Crippen LogP contribution in [0.4, 0.5) is 0 Å². The summed E-state index contributed by atoms with van der Waals surface area (Å²) < 4.78 is 36.9. The lowest BCUT2D eigenvalue weighted by atomic mass is 9.60. The van der Waals surface area contributed by atoms with Crippen LogP contribution >= 0.6 is 79.6 Å². The third-order valence-corrected chi connectivity index (χ3v) is 14.4. The molecule has 0 unspecified atom stereocenters. The molecule has 0 saturated carbocycles. The Bertz CT molecular complexity index is 2500. The molecule has 5 nitrogen and oxygen atoms in total. The van der Waals surface area contributed by atoms with Gasteiger partial charge in [0.15, 0.2) is 0 Å². The van der Waals surface area contributed by atoms with E-state index in [0.29, 0.717) is 25.7 Å². The molecule has 57 heavy (non-hydrogen) atoms. The summed E-state index contributed by atoms with van der Waals surface area (Å²) in [6, 6.07) is 26.2. The first-order valence-electron chi connectivity index (χ1n) is 18.5. The molecular weight excluding hydrogens is 1040 g/mol. The van der Waals surface area contributed by atoms with Gasteiger partial charge in [-0.1, -0.05) is 104 Å². The molecule has 6 aromatic rings. The smallest absolute Gasteiger partial charge is 0.126 e. The highest BCUT2D eigenvalue weighted by molar-refractivity contribution is 9.11. The lowest BCUT2D eigenvalue weighted by Gasteiger charge is -2.45. The largest absolute Gasteiger partial charge is 0.496 e. The fraction of sp³-hybridized carbons (Fsp3) is 0.234. The van der Waals surface area contributed by atoms with E-state index >= 15 is 0 Å². The van der Waals surface area contributed by atoms with Crippen molar-refractivity contribution >= 4 is 79.6 Å². The van der Waals surface area contributed by atoms with Gasteiger partial charge in [0.1, 0.15) is 28.7 Å². The molecule has 290 valence electrons. The van der Waals surface area contributed by atoms with Crippen LogP contribution in [0.2, 0.25) is 0 Å². The molecule has 0 aromatic heterocycles. The molecule has 0 atom stereocenters. The van der Waals surface area contributed by atoms with Gasteiger partial charge in [-0.2, -0.15) is 0 Å². The van der Waals surface area contributed by atoms with E-state index < -0.39 is 0 Å². The van der Waals surface area contributed by atoms with Gasteiger partial charge in [-0.3, -0.25) is 0 Å². The Labute approximate surface area is 375 Å². The van der Waals surface area contributed by atoms with Crippen molar-refractivity contribution < 1.29 is 23.7 Å². The van der Waals surface area contributed by atoms with Crippen molar-refractivity contribution in [2.75, 3.05) is 35.5 Å². The summed E-state index contributed by atoms with van der Waals surface area (Å²) in [6.07, 6.45) is 2.34. The van der Waals surface area contributed by atoms with Crippen LogP contribution in [0.1, 0.15) is 89.7 Å². The number of hydrogen-bond donors (Lipinski definition) is 0. The van der Waals surface area contributed by atoms with Crippen LogP contribution < -0.4 is 23.7 Å². The zero-order chi connectivity index (χ0) is 39.9. The molecule has 4 aliphatic carbocycles. The van der Waals surface area contributed by atoms with E-state index in [-0.39, 0.29) is 11.8 Å². The minimum absolute atomic E-state index is 0.0500. The highest BCUT2D eigenvalue weighted by Gasteiger charge is 2.47. The van der Waals surface area contributed by atoms with Crippen LogP contribution in [0, 0.1) is 0 Å². The van der Waals surface area contributed by atoms with Crippen LogP contribution in [-0.2, 0) is 25.7 Å². The van der Waals surface area contributed by atoms with Crippen molar-refractivity contribution in [3.63, 3.8) is 0 Å². The lowest BCUT2D eigenvalue weighted by Crippen LogP contribution is -2.30. The van der Waals surface area contributed by atoms with Crippen molar-refractivity contribution in [2.24, 2.45) is 0 Å². The second kappa shape index (κ2) is 15.4. The summed E-state index contributed by atoms with van der Waals surface area (Å²) >= 11 is 19.8. The summed E-state index contributed by atoms with van der Waals surface area (Å²) in [7, 11) is 8.84. The Morgan fingerprint density at radius 2 is 0.632 bits per heavy atom. The molecule has 0 fully saturated rings. The molecule has 0 saturated heterocycles. The second-order valence-electron chi connectivity index (χ2n) is 14.7. The summed E-state index contributed by atoms with van der Waals surface area (Å²) in [4.78, 5) is 0. The van der Waals surface area contributed by atoms with Gasteiger partial charge in [-0.05, 0) is 70.8 Å². The number of halogens is 5. The maximum atomic E-state index is 6.55. The maximum Gasteiger partial charge on any atom is 0.126 e. The first-order chi connectivity index (χ1) is 27.6. The van der Waals surface area contributed by atoms with E-state index in [0.717, 1.165) is 107 Å². The van der Waals surface area contributed by atoms with Gasteiger partial charge < -0.3 is 23.7 Å². The average molecular weight is 1080 g/mol. The van der Waals surface area contributed by atoms with Crippen LogP contribution in [0.3, 0.4) is 0 Å². The third-order valence-electron chi connectivity index (χ3n) is 11.7. The standard InChI is InChI=1S/C47H37Br5O5/c1-53-43-22-10-24-16-31(49)18-26(44(24)54-2)12-28-20-35(51)39-37-33-8-6-7-9-34(33)38(41(39)46(28)56-4)42-40(37)36(52)21-29(47(42)57-5)13-27-19-32(50)17-25(45(27)55-3)11-23(43)15-30(48)14-22/h6-9,14-21,37-38H,10-13H2,1-5H3. The normalized spacial score (nSPS) is 16.0. The Morgan fingerprint density at radius 1 is 0.368 bits per heavy atom. The highest BCUT2D eigenvalue weighted by atomic mass is 79.9. The van der Waals surface area contributed by atoms with Crippen LogP contribution in [0.5, 0.6) is 28.7 Å². The van der Waals surface area contributed by atoms with Gasteiger partial charge in [0, 0.05) is 116 Å². The number of rotatable bonds is 5. The van der Waals surface area contributed by atoms with Gasteiger partial charge in [-0.25, -0.2) is 0 Å². The predicted molar refractivity (Wildman–Crippen MR) is 243 cm³/mol. The van der Waals surface area contributed by atoms with Gasteiger partial charge in [0.05, 0.1) is 35.5 Å². The Hall–Kier alpha value is -3.28. The van der Waals surface area contributed by atoms with Crippen molar-refractivity contribution in [2.45, 2.75) is 37.5 Å². The number of ether oxygens (including phenoxy) is 5. The van der Waals surface area contributed by atoms with E-state index in [4.69, 9.17) is 23.7 Å². The van der Waals surface area contributed by atoms with Crippen molar-refractivity contribution in [1.29, 1.82) is 0 Å². The van der Waals surface area contributed by atoms with Crippen molar-refractivity contribution in [1.82, 2.24) is 0 Å². The Kier molecular flexibility index (Phi) is 10.6. The van der Waals surface area contributed by atoms with Crippen LogP contribution in [-0.4, -0.2) is 35.5 Å². The summed E-state index contributed by atoms with van der Waals surface area (Å²) in [5, 5.41) is 0. The molecular formula is C47H37Br5O5.